The first-order valence-electron chi connectivity index (χ1n) is 1.75. The molecule has 0 atom stereocenters. The van der Waals surface area contributed by atoms with E-state index in [1.807, 2.05) is 0 Å². The van der Waals surface area contributed by atoms with Crippen LogP contribution in [0.5, 0.6) is 0 Å². The molecule has 0 aromatic carbocycles. The minimum Gasteiger partial charge on any atom is -0.277 e. The lowest BCUT2D eigenvalue weighted by atomic mass is 10.7. The summed E-state index contributed by atoms with van der Waals surface area (Å²) in [6.45, 7) is -0.569. The summed E-state index contributed by atoms with van der Waals surface area (Å²) in [4.78, 5) is 0. The predicted molar refractivity (Wildman–Crippen MR) is 30.4 cm³/mol. The Morgan fingerprint density at radius 3 is 2.71 bits per heavy atom. The van der Waals surface area contributed by atoms with Gasteiger partial charge in [-0.3, -0.25) is 5.14 Å². The van der Waals surface area contributed by atoms with Gasteiger partial charge in [-0.05, 0) is 0 Å². The molecule has 0 amide bonds. The molecule has 0 aliphatic heterocycles. The summed E-state index contributed by atoms with van der Waals surface area (Å²) in [7, 11) is 0. The highest BCUT2D eigenvalue weighted by molar-refractivity contribution is 7.97. The third-order valence-electron chi connectivity index (χ3n) is 0.347. The van der Waals surface area contributed by atoms with Gasteiger partial charge in [0.25, 0.3) is 0 Å². The zero-order valence-corrected chi connectivity index (χ0v) is 4.59. The number of halogens is 1. The van der Waals surface area contributed by atoms with Gasteiger partial charge in [-0.15, -0.1) is 0 Å². The molecule has 0 saturated heterocycles. The molecule has 0 aliphatic rings. The zero-order valence-electron chi connectivity index (χ0n) is 3.78. The molecule has 0 aliphatic carbocycles. The average molecular weight is 119 g/mol. The molecular formula is C4H6FNS. The summed E-state index contributed by atoms with van der Waals surface area (Å²) in [6, 6.07) is 0. The first-order chi connectivity index (χ1) is 3.41. The van der Waals surface area contributed by atoms with Crippen LogP contribution in [0, 0.1) is 11.8 Å². The van der Waals surface area contributed by atoms with Crippen molar-refractivity contribution >= 4 is 11.9 Å². The molecule has 2 N–H and O–H groups in total. The lowest BCUT2D eigenvalue weighted by Gasteiger charge is -1.74. The van der Waals surface area contributed by atoms with Crippen molar-refractivity contribution in [3.63, 3.8) is 0 Å². The van der Waals surface area contributed by atoms with Gasteiger partial charge < -0.3 is 0 Å². The summed E-state index contributed by atoms with van der Waals surface area (Å²) >= 11 is 1.10. The van der Waals surface area contributed by atoms with Gasteiger partial charge in [0, 0.05) is 0 Å². The van der Waals surface area contributed by atoms with Crippen LogP contribution >= 0.6 is 11.9 Å². The second-order valence-corrected chi connectivity index (χ2v) is 1.42. The molecule has 0 heterocycles. The fraction of sp³-hybridized carbons (Fsp3) is 0.500. The monoisotopic (exact) mass is 119 g/mol. The molecule has 0 aromatic heterocycles. The molecule has 0 unspecified atom stereocenters. The van der Waals surface area contributed by atoms with Gasteiger partial charge >= 0.3 is 0 Å². The second kappa shape index (κ2) is 5.80. The largest absolute Gasteiger partial charge is 0.277 e. The fourth-order valence-electron chi connectivity index (χ4n) is 0.140. The highest BCUT2D eigenvalue weighted by Gasteiger charge is 1.67. The number of hydrogen-bond acceptors (Lipinski definition) is 2. The van der Waals surface area contributed by atoms with Crippen molar-refractivity contribution in [2.45, 2.75) is 0 Å². The molecule has 0 saturated carbocycles. The minimum absolute atomic E-state index is 0.518. The molecule has 1 nitrogen and oxygen atoms in total. The third kappa shape index (κ3) is 5.80. The molecule has 40 valence electrons. The Bertz CT molecular complexity index is 83.4. The number of alkyl halides is 1. The van der Waals surface area contributed by atoms with Crippen molar-refractivity contribution in [3.8, 4) is 11.8 Å². The van der Waals surface area contributed by atoms with E-state index < -0.39 is 6.67 Å². The lowest BCUT2D eigenvalue weighted by molar-refractivity contribution is 0.573. The smallest absolute Gasteiger partial charge is 0.150 e. The quantitative estimate of drug-likeness (QED) is 0.403. The van der Waals surface area contributed by atoms with Crippen molar-refractivity contribution in [1.82, 2.24) is 0 Å². The molecule has 0 aromatic rings. The van der Waals surface area contributed by atoms with Crippen LogP contribution in [-0.2, 0) is 0 Å². The zero-order chi connectivity index (χ0) is 5.54. The van der Waals surface area contributed by atoms with Crippen LogP contribution in [0.1, 0.15) is 0 Å². The van der Waals surface area contributed by atoms with E-state index in [9.17, 15) is 4.39 Å². The van der Waals surface area contributed by atoms with Crippen molar-refractivity contribution in [3.05, 3.63) is 0 Å². The highest BCUT2D eigenvalue weighted by Crippen LogP contribution is 1.78. The number of hydrogen-bond donors (Lipinski definition) is 1. The van der Waals surface area contributed by atoms with E-state index in [0.29, 0.717) is 5.75 Å². The lowest BCUT2D eigenvalue weighted by Crippen LogP contribution is -1.79. The van der Waals surface area contributed by atoms with Crippen LogP contribution in [-0.4, -0.2) is 12.4 Å². The Balaban J connectivity index is 2.91. The molecular weight excluding hydrogens is 113 g/mol. The van der Waals surface area contributed by atoms with Gasteiger partial charge in [0.15, 0.2) is 0 Å². The van der Waals surface area contributed by atoms with Crippen LogP contribution in [0.25, 0.3) is 0 Å². The van der Waals surface area contributed by atoms with E-state index in [2.05, 4.69) is 11.8 Å². The van der Waals surface area contributed by atoms with Gasteiger partial charge in [-0.2, -0.15) is 0 Å². The van der Waals surface area contributed by atoms with Gasteiger partial charge in [0.05, 0.1) is 5.75 Å². The van der Waals surface area contributed by atoms with E-state index in [4.69, 9.17) is 5.14 Å². The standard InChI is InChI=1S/C4H6FNS/c5-3-1-2-4-7-6/h3-4,6H2. The Hall–Kier alpha value is -0.200. The number of nitrogens with two attached hydrogens (primary N) is 1. The molecule has 0 radical (unpaired) electrons. The summed E-state index contributed by atoms with van der Waals surface area (Å²) in [6.07, 6.45) is 0. The van der Waals surface area contributed by atoms with Crippen LogP contribution in [0.3, 0.4) is 0 Å². The molecule has 3 heteroatoms. The van der Waals surface area contributed by atoms with Gasteiger partial charge in [-0.25, -0.2) is 4.39 Å². The van der Waals surface area contributed by atoms with E-state index in [1.54, 1.807) is 0 Å². The van der Waals surface area contributed by atoms with E-state index in [0.717, 1.165) is 11.9 Å². The van der Waals surface area contributed by atoms with Gasteiger partial charge in [-0.1, -0.05) is 23.8 Å². The number of rotatable bonds is 1. The fourth-order valence-corrected chi connectivity index (χ4v) is 0.325. The maximum atomic E-state index is 11.1. The Labute approximate surface area is 46.6 Å². The first-order valence-corrected chi connectivity index (χ1v) is 2.80. The van der Waals surface area contributed by atoms with Crippen LogP contribution in [0.4, 0.5) is 4.39 Å². The second-order valence-electron chi connectivity index (χ2n) is 0.798. The molecule has 0 rings (SSSR count). The molecule has 7 heavy (non-hydrogen) atoms. The summed E-state index contributed by atoms with van der Waals surface area (Å²) in [5.41, 5.74) is 0. The van der Waals surface area contributed by atoms with E-state index >= 15 is 0 Å². The van der Waals surface area contributed by atoms with Gasteiger partial charge in [0.1, 0.15) is 6.67 Å². The topological polar surface area (TPSA) is 26.0 Å². The Morgan fingerprint density at radius 2 is 2.29 bits per heavy atom. The third-order valence-corrected chi connectivity index (χ3v) is 0.658. The van der Waals surface area contributed by atoms with Crippen molar-refractivity contribution in [1.29, 1.82) is 0 Å². The summed E-state index contributed by atoms with van der Waals surface area (Å²) in [5.74, 6) is 5.25. The Morgan fingerprint density at radius 1 is 1.57 bits per heavy atom. The van der Waals surface area contributed by atoms with Crippen LogP contribution in [0.15, 0.2) is 0 Å². The van der Waals surface area contributed by atoms with Crippen LogP contribution < -0.4 is 5.14 Å². The van der Waals surface area contributed by atoms with Crippen LogP contribution in [0.2, 0.25) is 0 Å². The van der Waals surface area contributed by atoms with Crippen molar-refractivity contribution in [2.75, 3.05) is 12.4 Å². The predicted octanol–water partition coefficient (Wildman–Crippen LogP) is 0.566. The SMILES string of the molecule is NSCC#CCF. The average Bonchev–Trinajstić information content (AvgIpc) is 1.69. The normalized spacial score (nSPS) is 7.14. The highest BCUT2D eigenvalue weighted by atomic mass is 32.2. The van der Waals surface area contributed by atoms with E-state index in [1.165, 1.54) is 0 Å². The summed E-state index contributed by atoms with van der Waals surface area (Å²) in [5, 5.41) is 4.96. The summed E-state index contributed by atoms with van der Waals surface area (Å²) < 4.78 is 11.1. The maximum Gasteiger partial charge on any atom is 0.150 e. The van der Waals surface area contributed by atoms with Crippen molar-refractivity contribution in [2.24, 2.45) is 5.14 Å². The van der Waals surface area contributed by atoms with Gasteiger partial charge in [0.2, 0.25) is 0 Å². The van der Waals surface area contributed by atoms with E-state index in [-0.39, 0.29) is 0 Å². The molecule has 0 bridgehead atoms. The minimum atomic E-state index is -0.569. The van der Waals surface area contributed by atoms with Crippen molar-refractivity contribution < 1.29 is 4.39 Å². The Kier molecular flexibility index (Phi) is 5.63. The molecule has 0 spiro atoms. The molecule has 0 fully saturated rings. The first kappa shape index (κ1) is 6.80. The maximum absolute atomic E-state index is 11.1.